The van der Waals surface area contributed by atoms with Gasteiger partial charge in [-0.3, -0.25) is 4.79 Å². The molecule has 1 amide bonds. The lowest BCUT2D eigenvalue weighted by Gasteiger charge is -2.38. The Morgan fingerprint density at radius 2 is 2.08 bits per heavy atom. The standard InChI is InChI=1S/C20H24N2O4/c1-25-17-5-3-4-13(8-17)9-18(24)22-20(15-10-16(23)11-15)14-6-7-19(26-2)21-12-14/h3-8,12,15-16,20,23H,9-11H2,1-2H3,(H,22,24). The van der Waals surface area contributed by atoms with Crippen LogP contribution in [-0.4, -0.2) is 36.3 Å². The van der Waals surface area contributed by atoms with E-state index < -0.39 is 0 Å². The third kappa shape index (κ3) is 4.32. The van der Waals surface area contributed by atoms with Crippen molar-refractivity contribution in [3.05, 3.63) is 53.7 Å². The highest BCUT2D eigenvalue weighted by molar-refractivity contribution is 5.79. The number of carbonyl (C=O) groups is 1. The first kappa shape index (κ1) is 18.2. The van der Waals surface area contributed by atoms with E-state index in [0.717, 1.165) is 16.9 Å². The molecule has 6 heteroatoms. The monoisotopic (exact) mass is 356 g/mol. The van der Waals surface area contributed by atoms with E-state index in [-0.39, 0.29) is 30.4 Å². The number of nitrogens with one attached hydrogen (secondary N) is 1. The van der Waals surface area contributed by atoms with E-state index in [9.17, 15) is 9.90 Å². The van der Waals surface area contributed by atoms with Crippen LogP contribution in [-0.2, 0) is 11.2 Å². The summed E-state index contributed by atoms with van der Waals surface area (Å²) in [5.74, 6) is 1.40. The fourth-order valence-electron chi connectivity index (χ4n) is 3.26. The molecule has 6 nitrogen and oxygen atoms in total. The fourth-order valence-corrected chi connectivity index (χ4v) is 3.26. The van der Waals surface area contributed by atoms with Crippen molar-refractivity contribution in [2.75, 3.05) is 14.2 Å². The maximum atomic E-state index is 12.6. The molecule has 1 aliphatic rings. The fraction of sp³-hybridized carbons (Fsp3) is 0.400. The topological polar surface area (TPSA) is 80.7 Å². The van der Waals surface area contributed by atoms with Gasteiger partial charge in [0.15, 0.2) is 0 Å². The Morgan fingerprint density at radius 3 is 2.69 bits per heavy atom. The third-order valence-corrected chi connectivity index (χ3v) is 4.76. The van der Waals surface area contributed by atoms with Crippen LogP contribution >= 0.6 is 0 Å². The van der Waals surface area contributed by atoms with Crippen molar-refractivity contribution < 1.29 is 19.4 Å². The highest BCUT2D eigenvalue weighted by Crippen LogP contribution is 2.38. The molecule has 1 unspecified atom stereocenters. The van der Waals surface area contributed by atoms with E-state index in [1.807, 2.05) is 30.3 Å². The molecule has 0 radical (unpaired) electrons. The van der Waals surface area contributed by atoms with Gasteiger partial charge in [-0.05, 0) is 42.0 Å². The summed E-state index contributed by atoms with van der Waals surface area (Å²) in [5.41, 5.74) is 1.81. The van der Waals surface area contributed by atoms with Crippen LogP contribution in [0.15, 0.2) is 42.6 Å². The lowest BCUT2D eigenvalue weighted by Crippen LogP contribution is -2.41. The summed E-state index contributed by atoms with van der Waals surface area (Å²) < 4.78 is 10.3. The number of carbonyl (C=O) groups excluding carboxylic acids is 1. The molecule has 2 aromatic rings. The number of aromatic nitrogens is 1. The van der Waals surface area contributed by atoms with E-state index in [2.05, 4.69) is 10.3 Å². The van der Waals surface area contributed by atoms with Gasteiger partial charge in [0.05, 0.1) is 32.8 Å². The lowest BCUT2D eigenvalue weighted by atomic mass is 9.75. The van der Waals surface area contributed by atoms with E-state index in [0.29, 0.717) is 18.7 Å². The minimum atomic E-state index is -0.288. The number of rotatable bonds is 7. The molecule has 1 aromatic heterocycles. The summed E-state index contributed by atoms with van der Waals surface area (Å²) in [7, 11) is 3.17. The van der Waals surface area contributed by atoms with Gasteiger partial charge in [-0.15, -0.1) is 0 Å². The number of pyridine rings is 1. The normalized spacial score (nSPS) is 20.0. The number of hydrogen-bond acceptors (Lipinski definition) is 5. The second kappa shape index (κ2) is 8.19. The Morgan fingerprint density at radius 1 is 1.27 bits per heavy atom. The Kier molecular flexibility index (Phi) is 5.73. The van der Waals surface area contributed by atoms with Gasteiger partial charge in [-0.1, -0.05) is 18.2 Å². The van der Waals surface area contributed by atoms with Crippen LogP contribution in [0.25, 0.3) is 0 Å². The van der Waals surface area contributed by atoms with Gasteiger partial charge in [-0.25, -0.2) is 4.98 Å². The Labute approximate surface area is 153 Å². The van der Waals surface area contributed by atoms with Crippen molar-refractivity contribution in [3.8, 4) is 11.6 Å². The predicted octanol–water partition coefficient (Wildman–Crippen LogP) is 2.27. The molecule has 0 aliphatic heterocycles. The lowest BCUT2D eigenvalue weighted by molar-refractivity contribution is -0.122. The first-order valence-electron chi connectivity index (χ1n) is 8.69. The largest absolute Gasteiger partial charge is 0.497 e. The number of amides is 1. The van der Waals surface area contributed by atoms with E-state index in [1.165, 1.54) is 0 Å². The van der Waals surface area contributed by atoms with Crippen LogP contribution in [0.2, 0.25) is 0 Å². The molecule has 0 saturated heterocycles. The van der Waals surface area contributed by atoms with Crippen molar-refractivity contribution in [2.24, 2.45) is 5.92 Å². The van der Waals surface area contributed by atoms with Crippen molar-refractivity contribution in [1.82, 2.24) is 10.3 Å². The average molecular weight is 356 g/mol. The van der Waals surface area contributed by atoms with Gasteiger partial charge in [0.25, 0.3) is 0 Å². The minimum absolute atomic E-state index is 0.0690. The van der Waals surface area contributed by atoms with Crippen molar-refractivity contribution in [3.63, 3.8) is 0 Å². The van der Waals surface area contributed by atoms with Crippen LogP contribution in [0, 0.1) is 5.92 Å². The van der Waals surface area contributed by atoms with E-state index >= 15 is 0 Å². The smallest absolute Gasteiger partial charge is 0.224 e. The second-order valence-corrected chi connectivity index (χ2v) is 6.59. The van der Waals surface area contributed by atoms with Crippen molar-refractivity contribution >= 4 is 5.91 Å². The highest BCUT2D eigenvalue weighted by Gasteiger charge is 2.35. The number of aliphatic hydroxyl groups is 1. The molecule has 1 atom stereocenters. The molecule has 1 aliphatic carbocycles. The summed E-state index contributed by atoms with van der Waals surface area (Å²) in [6.45, 7) is 0. The van der Waals surface area contributed by atoms with Gasteiger partial charge in [0.1, 0.15) is 5.75 Å². The van der Waals surface area contributed by atoms with Crippen LogP contribution in [0.3, 0.4) is 0 Å². The van der Waals surface area contributed by atoms with Crippen molar-refractivity contribution in [2.45, 2.75) is 31.4 Å². The molecule has 1 saturated carbocycles. The van der Waals surface area contributed by atoms with Gasteiger partial charge >= 0.3 is 0 Å². The minimum Gasteiger partial charge on any atom is -0.497 e. The summed E-state index contributed by atoms with van der Waals surface area (Å²) >= 11 is 0. The van der Waals surface area contributed by atoms with Gasteiger partial charge in [-0.2, -0.15) is 0 Å². The highest BCUT2D eigenvalue weighted by atomic mass is 16.5. The molecule has 1 fully saturated rings. The zero-order valence-electron chi connectivity index (χ0n) is 15.0. The summed E-state index contributed by atoms with van der Waals surface area (Å²) in [5, 5.41) is 12.8. The predicted molar refractivity (Wildman–Crippen MR) is 97.1 cm³/mol. The summed E-state index contributed by atoms with van der Waals surface area (Å²) in [6.07, 6.45) is 3.06. The third-order valence-electron chi connectivity index (χ3n) is 4.76. The first-order valence-corrected chi connectivity index (χ1v) is 8.69. The summed E-state index contributed by atoms with van der Waals surface area (Å²) in [6, 6.07) is 11.0. The van der Waals surface area contributed by atoms with Gasteiger partial charge < -0.3 is 19.9 Å². The molecule has 1 heterocycles. The molecule has 2 N–H and O–H groups in total. The van der Waals surface area contributed by atoms with E-state index in [4.69, 9.17) is 9.47 Å². The number of hydrogen-bond donors (Lipinski definition) is 2. The van der Waals surface area contributed by atoms with Crippen LogP contribution in [0.4, 0.5) is 0 Å². The first-order chi connectivity index (χ1) is 12.6. The number of methoxy groups -OCH3 is 2. The second-order valence-electron chi connectivity index (χ2n) is 6.59. The van der Waals surface area contributed by atoms with Crippen LogP contribution < -0.4 is 14.8 Å². The molecule has 3 rings (SSSR count). The Balaban J connectivity index is 1.71. The zero-order chi connectivity index (χ0) is 18.5. The van der Waals surface area contributed by atoms with Gasteiger partial charge in [0.2, 0.25) is 11.8 Å². The van der Waals surface area contributed by atoms with Crippen molar-refractivity contribution in [1.29, 1.82) is 0 Å². The summed E-state index contributed by atoms with van der Waals surface area (Å²) in [4.78, 5) is 16.8. The number of benzene rings is 1. The van der Waals surface area contributed by atoms with Gasteiger partial charge in [0, 0.05) is 12.3 Å². The molecule has 138 valence electrons. The number of aliphatic hydroxyl groups excluding tert-OH is 1. The molecule has 1 aromatic carbocycles. The molecular weight excluding hydrogens is 332 g/mol. The molecular formula is C20H24N2O4. The number of nitrogens with zero attached hydrogens (tertiary/aromatic N) is 1. The number of ether oxygens (including phenoxy) is 2. The quantitative estimate of drug-likeness (QED) is 0.795. The Bertz CT molecular complexity index is 742. The SMILES string of the molecule is COc1cccc(CC(=O)NC(c2ccc(OC)nc2)C2CC(O)C2)c1. The maximum Gasteiger partial charge on any atom is 0.224 e. The molecule has 0 bridgehead atoms. The average Bonchev–Trinajstić information content (AvgIpc) is 2.64. The molecule has 26 heavy (non-hydrogen) atoms. The zero-order valence-corrected chi connectivity index (χ0v) is 15.0. The molecule has 0 spiro atoms. The maximum absolute atomic E-state index is 12.6. The van der Waals surface area contributed by atoms with Crippen LogP contribution in [0.1, 0.15) is 30.0 Å². The van der Waals surface area contributed by atoms with E-state index in [1.54, 1.807) is 26.5 Å². The Hall–Kier alpha value is -2.60. The van der Waals surface area contributed by atoms with Crippen LogP contribution in [0.5, 0.6) is 11.6 Å².